The average molecular weight is 629 g/mol. The van der Waals surface area contributed by atoms with E-state index in [-0.39, 0.29) is 0 Å². The van der Waals surface area contributed by atoms with Crippen LogP contribution in [0.15, 0.2) is 47.6 Å². The van der Waals surface area contributed by atoms with Crippen molar-refractivity contribution in [1.82, 2.24) is 15.0 Å². The van der Waals surface area contributed by atoms with Gasteiger partial charge in [-0.1, -0.05) is 30.3 Å². The van der Waals surface area contributed by atoms with Crippen molar-refractivity contribution in [3.63, 3.8) is 0 Å². The maximum absolute atomic E-state index is 5.49. The van der Waals surface area contributed by atoms with E-state index >= 15 is 0 Å². The Balaban J connectivity index is 1.78. The number of hydrazone groups is 1. The summed E-state index contributed by atoms with van der Waals surface area (Å²) in [6.45, 7) is 0.610. The number of benzene rings is 2. The van der Waals surface area contributed by atoms with E-state index in [1.807, 2.05) is 61.5 Å². The van der Waals surface area contributed by atoms with Gasteiger partial charge in [-0.15, -0.1) is 0 Å². The number of nitrogens with one attached hydrogen (secondary N) is 2. The summed E-state index contributed by atoms with van der Waals surface area (Å²) < 4.78 is 7.61. The van der Waals surface area contributed by atoms with Gasteiger partial charge in [0.15, 0.2) is 0 Å². The van der Waals surface area contributed by atoms with Crippen LogP contribution >= 0.6 is 45.2 Å². The molecule has 3 rings (SSSR count). The molecule has 0 saturated heterocycles. The van der Waals surface area contributed by atoms with Crippen LogP contribution in [0.1, 0.15) is 11.1 Å². The molecule has 0 aliphatic heterocycles. The van der Waals surface area contributed by atoms with E-state index < -0.39 is 0 Å². The molecule has 1 heterocycles. The lowest BCUT2D eigenvalue weighted by atomic mass is 10.2. The number of anilines is 3. The van der Waals surface area contributed by atoms with E-state index in [0.29, 0.717) is 24.4 Å². The predicted molar refractivity (Wildman–Crippen MR) is 138 cm³/mol. The molecule has 30 heavy (non-hydrogen) atoms. The second-order valence-corrected chi connectivity index (χ2v) is 8.80. The molecule has 0 spiro atoms. The lowest BCUT2D eigenvalue weighted by Crippen LogP contribution is -2.16. The Kier molecular flexibility index (Phi) is 8.01. The molecule has 3 aromatic rings. The summed E-state index contributed by atoms with van der Waals surface area (Å²) in [5.41, 5.74) is 4.90. The first-order chi connectivity index (χ1) is 14.5. The van der Waals surface area contributed by atoms with Crippen molar-refractivity contribution in [1.29, 1.82) is 0 Å². The minimum Gasteiger partial charge on any atom is -0.495 e. The van der Waals surface area contributed by atoms with E-state index in [4.69, 9.17) is 4.74 Å². The molecule has 0 radical (unpaired) electrons. The van der Waals surface area contributed by atoms with Gasteiger partial charge in [0.2, 0.25) is 17.8 Å². The SMILES string of the molecule is COc1c(I)cc(I)cc1C=NNc1nc(NCc2ccccc2)nc(N(C)C)n1. The maximum Gasteiger partial charge on any atom is 0.250 e. The zero-order valence-electron chi connectivity index (χ0n) is 16.7. The quantitative estimate of drug-likeness (QED) is 0.220. The molecule has 0 saturated carbocycles. The molecular weight excluding hydrogens is 608 g/mol. The van der Waals surface area contributed by atoms with E-state index in [2.05, 4.69) is 76.0 Å². The van der Waals surface area contributed by atoms with Crippen LogP contribution in [-0.4, -0.2) is 42.4 Å². The van der Waals surface area contributed by atoms with Crippen LogP contribution in [-0.2, 0) is 6.54 Å². The Morgan fingerprint density at radius 3 is 2.50 bits per heavy atom. The van der Waals surface area contributed by atoms with Crippen molar-refractivity contribution in [2.75, 3.05) is 36.8 Å². The maximum atomic E-state index is 5.49. The number of hydrogen-bond donors (Lipinski definition) is 2. The molecule has 0 atom stereocenters. The summed E-state index contributed by atoms with van der Waals surface area (Å²) >= 11 is 4.51. The average Bonchev–Trinajstić information content (AvgIpc) is 2.72. The van der Waals surface area contributed by atoms with Gasteiger partial charge in [-0.05, 0) is 62.9 Å². The standard InChI is InChI=1S/C20H21I2N7O/c1-29(2)20-26-18(23-11-13-7-5-4-6-8-13)25-19(27-20)28-24-12-14-9-15(21)10-16(22)17(14)30-3/h4-10,12H,11H2,1-3H3,(H2,23,25,26,27,28). The predicted octanol–water partition coefficient (Wildman–Crippen LogP) is 4.21. The van der Waals surface area contributed by atoms with Crippen LogP contribution in [0.25, 0.3) is 0 Å². The van der Waals surface area contributed by atoms with Gasteiger partial charge in [0.05, 0.1) is 16.9 Å². The lowest BCUT2D eigenvalue weighted by molar-refractivity contribution is 0.411. The molecule has 0 amide bonds. The molecule has 0 aliphatic carbocycles. The monoisotopic (exact) mass is 629 g/mol. The summed E-state index contributed by atoms with van der Waals surface area (Å²) in [6, 6.07) is 14.1. The van der Waals surface area contributed by atoms with Crippen LogP contribution in [0.5, 0.6) is 5.75 Å². The van der Waals surface area contributed by atoms with Gasteiger partial charge in [0.25, 0.3) is 0 Å². The van der Waals surface area contributed by atoms with E-state index in [1.165, 1.54) is 0 Å². The van der Waals surface area contributed by atoms with Gasteiger partial charge in [-0.2, -0.15) is 20.1 Å². The Morgan fingerprint density at radius 1 is 1.07 bits per heavy atom. The van der Waals surface area contributed by atoms with Gasteiger partial charge in [0.1, 0.15) is 5.75 Å². The van der Waals surface area contributed by atoms with Crippen LogP contribution in [0, 0.1) is 7.14 Å². The zero-order chi connectivity index (χ0) is 21.5. The first kappa shape index (κ1) is 22.5. The topological polar surface area (TPSA) is 87.6 Å². The fourth-order valence-electron chi connectivity index (χ4n) is 2.52. The molecule has 10 heteroatoms. The number of rotatable bonds is 8. The third-order valence-corrected chi connectivity index (χ3v) is 5.35. The smallest absolute Gasteiger partial charge is 0.250 e. The van der Waals surface area contributed by atoms with Crippen molar-refractivity contribution in [3.05, 3.63) is 60.7 Å². The normalized spacial score (nSPS) is 10.8. The molecule has 0 bridgehead atoms. The Labute approximate surface area is 202 Å². The van der Waals surface area contributed by atoms with Crippen LogP contribution in [0.2, 0.25) is 0 Å². The zero-order valence-corrected chi connectivity index (χ0v) is 21.0. The highest BCUT2D eigenvalue weighted by molar-refractivity contribution is 14.1. The third kappa shape index (κ3) is 6.14. The second kappa shape index (κ2) is 10.7. The van der Waals surface area contributed by atoms with Gasteiger partial charge >= 0.3 is 0 Å². The van der Waals surface area contributed by atoms with Gasteiger partial charge in [-0.3, -0.25) is 0 Å². The number of hydrogen-bond acceptors (Lipinski definition) is 8. The number of methoxy groups -OCH3 is 1. The van der Waals surface area contributed by atoms with Gasteiger partial charge < -0.3 is 15.0 Å². The highest BCUT2D eigenvalue weighted by Crippen LogP contribution is 2.27. The Bertz CT molecular complexity index is 1030. The minimum absolute atomic E-state index is 0.347. The van der Waals surface area contributed by atoms with Gasteiger partial charge in [0, 0.05) is 29.8 Å². The largest absolute Gasteiger partial charge is 0.495 e. The summed E-state index contributed by atoms with van der Waals surface area (Å²) in [7, 11) is 5.40. The molecule has 1 aromatic heterocycles. The van der Waals surface area contributed by atoms with Gasteiger partial charge in [-0.25, -0.2) is 5.43 Å². The molecule has 0 fully saturated rings. The fraction of sp³-hybridized carbons (Fsp3) is 0.200. The molecular formula is C20H21I2N7O. The van der Waals surface area contributed by atoms with Crippen LogP contribution in [0.3, 0.4) is 0 Å². The Morgan fingerprint density at radius 2 is 1.80 bits per heavy atom. The summed E-state index contributed by atoms with van der Waals surface area (Å²) in [5.74, 6) is 2.12. The Hall–Kier alpha value is -2.22. The number of halogens is 2. The molecule has 2 aromatic carbocycles. The summed E-state index contributed by atoms with van der Waals surface area (Å²) in [4.78, 5) is 15.1. The molecule has 0 unspecified atom stereocenters. The van der Waals surface area contributed by atoms with E-state index in [1.54, 1.807) is 13.3 Å². The van der Waals surface area contributed by atoms with Crippen LogP contribution in [0.4, 0.5) is 17.8 Å². The molecule has 8 nitrogen and oxygen atoms in total. The van der Waals surface area contributed by atoms with Crippen molar-refractivity contribution < 1.29 is 4.74 Å². The lowest BCUT2D eigenvalue weighted by Gasteiger charge is -2.13. The minimum atomic E-state index is 0.347. The number of nitrogens with zero attached hydrogens (tertiary/aromatic N) is 5. The van der Waals surface area contributed by atoms with E-state index in [0.717, 1.165) is 24.0 Å². The van der Waals surface area contributed by atoms with Crippen molar-refractivity contribution in [3.8, 4) is 5.75 Å². The van der Waals surface area contributed by atoms with E-state index in [9.17, 15) is 0 Å². The summed E-state index contributed by atoms with van der Waals surface area (Å²) in [5, 5.41) is 7.54. The second-order valence-electron chi connectivity index (χ2n) is 6.40. The third-order valence-electron chi connectivity index (χ3n) is 3.93. The fourth-order valence-corrected chi connectivity index (χ4v) is 4.63. The number of ether oxygens (including phenoxy) is 1. The molecule has 2 N–H and O–H groups in total. The first-order valence-corrected chi connectivity index (χ1v) is 11.2. The van der Waals surface area contributed by atoms with Crippen molar-refractivity contribution >= 4 is 69.2 Å². The van der Waals surface area contributed by atoms with Crippen LogP contribution < -0.4 is 20.4 Å². The molecule has 0 aliphatic rings. The first-order valence-electron chi connectivity index (χ1n) is 8.99. The molecule has 156 valence electrons. The highest BCUT2D eigenvalue weighted by atomic mass is 127. The van der Waals surface area contributed by atoms with Crippen molar-refractivity contribution in [2.45, 2.75) is 6.54 Å². The highest BCUT2D eigenvalue weighted by Gasteiger charge is 2.09. The number of aromatic nitrogens is 3. The summed E-state index contributed by atoms with van der Waals surface area (Å²) in [6.07, 6.45) is 1.69. The van der Waals surface area contributed by atoms with Crippen molar-refractivity contribution in [2.24, 2.45) is 5.10 Å².